The van der Waals surface area contributed by atoms with Crippen molar-refractivity contribution >= 4 is 16.0 Å². The number of carboxylic acid groups (broad SMARTS) is 1. The minimum absolute atomic E-state index is 0.107. The zero-order valence-electron chi connectivity index (χ0n) is 13.6. The van der Waals surface area contributed by atoms with Crippen molar-refractivity contribution in [2.24, 2.45) is 0 Å². The van der Waals surface area contributed by atoms with Crippen LogP contribution in [-0.4, -0.2) is 30.5 Å². The van der Waals surface area contributed by atoms with Gasteiger partial charge in [0, 0.05) is 13.1 Å². The van der Waals surface area contributed by atoms with Gasteiger partial charge in [-0.25, -0.2) is 13.2 Å². The van der Waals surface area contributed by atoms with Gasteiger partial charge in [0.1, 0.15) is 5.60 Å². The van der Waals surface area contributed by atoms with E-state index >= 15 is 0 Å². The minimum atomic E-state index is -3.02. The lowest BCUT2D eigenvalue weighted by atomic mass is 10.1. The Morgan fingerprint density at radius 1 is 1.22 bits per heavy atom. The second-order valence-corrected chi connectivity index (χ2v) is 8.99. The molecule has 0 saturated heterocycles. The second kappa shape index (κ2) is 6.49. The summed E-state index contributed by atoms with van der Waals surface area (Å²) in [7, 11) is -3.02. The van der Waals surface area contributed by atoms with E-state index < -0.39 is 21.6 Å². The van der Waals surface area contributed by atoms with E-state index in [1.165, 1.54) is 5.56 Å². The molecule has 1 aromatic carbocycles. The summed E-state index contributed by atoms with van der Waals surface area (Å²) in [5.41, 5.74) is 1.78. The summed E-state index contributed by atoms with van der Waals surface area (Å²) in [6.45, 7) is 6.70. The average molecular weight is 341 g/mol. The van der Waals surface area contributed by atoms with Crippen LogP contribution in [0.2, 0.25) is 0 Å². The summed E-state index contributed by atoms with van der Waals surface area (Å²) in [4.78, 5) is 10.3. The van der Waals surface area contributed by atoms with Crippen molar-refractivity contribution in [2.45, 2.75) is 62.4 Å². The third-order valence-corrected chi connectivity index (χ3v) is 5.75. The highest BCUT2D eigenvalue weighted by Gasteiger charge is 2.37. The quantitative estimate of drug-likeness (QED) is 0.804. The van der Waals surface area contributed by atoms with Crippen molar-refractivity contribution in [1.82, 2.24) is 5.32 Å². The maximum absolute atomic E-state index is 12.0. The van der Waals surface area contributed by atoms with E-state index in [9.17, 15) is 13.2 Å². The van der Waals surface area contributed by atoms with Crippen molar-refractivity contribution in [3.05, 3.63) is 29.3 Å². The average Bonchev–Trinajstić information content (AvgIpc) is 3.15. The molecular weight excluding hydrogens is 318 g/mol. The molecule has 0 radical (unpaired) electrons. The molecule has 1 saturated carbocycles. The van der Waals surface area contributed by atoms with Gasteiger partial charge >= 0.3 is 6.16 Å². The van der Waals surface area contributed by atoms with Gasteiger partial charge in [-0.05, 0) is 56.9 Å². The van der Waals surface area contributed by atoms with Crippen LogP contribution in [0.3, 0.4) is 0 Å². The second-order valence-electron chi connectivity index (χ2n) is 6.76. The first kappa shape index (κ1) is 17.7. The van der Waals surface area contributed by atoms with Crippen LogP contribution in [0.5, 0.6) is 0 Å². The summed E-state index contributed by atoms with van der Waals surface area (Å²) in [5, 5.41) is 11.1. The number of sulfone groups is 1. The molecule has 2 N–H and O–H groups in total. The van der Waals surface area contributed by atoms with Gasteiger partial charge in [-0.1, -0.05) is 6.07 Å². The number of hydrogen-bond acceptors (Lipinski definition) is 5. The molecule has 128 valence electrons. The van der Waals surface area contributed by atoms with Crippen LogP contribution < -0.4 is 5.32 Å². The molecule has 0 bridgehead atoms. The topological polar surface area (TPSA) is 92.7 Å². The summed E-state index contributed by atoms with van der Waals surface area (Å²) < 4.78 is 28.3. The largest absolute Gasteiger partial charge is 0.506 e. The first-order valence-corrected chi connectivity index (χ1v) is 9.12. The Labute approximate surface area is 136 Å². The highest BCUT2D eigenvalue weighted by atomic mass is 32.2. The lowest BCUT2D eigenvalue weighted by Gasteiger charge is -2.15. The fourth-order valence-electron chi connectivity index (χ4n) is 2.28. The molecule has 1 fully saturated rings. The highest BCUT2D eigenvalue weighted by molar-refractivity contribution is 7.92. The fourth-order valence-corrected chi connectivity index (χ4v) is 3.99. The lowest BCUT2D eigenvalue weighted by molar-refractivity contribution is 0.0150. The number of nitrogens with one attached hydrogen (secondary N) is 1. The van der Waals surface area contributed by atoms with Crippen molar-refractivity contribution in [3.63, 3.8) is 0 Å². The van der Waals surface area contributed by atoms with E-state index in [1.807, 2.05) is 12.1 Å². The van der Waals surface area contributed by atoms with Gasteiger partial charge in [0.2, 0.25) is 0 Å². The SMILES string of the molecule is CC(C)(C)OC(=O)O.O=S(=O)(c1ccc2c(c1)CNC2)C1CC1. The predicted molar refractivity (Wildman–Crippen MR) is 86.1 cm³/mol. The van der Waals surface area contributed by atoms with Crippen LogP contribution >= 0.6 is 0 Å². The number of rotatable bonds is 2. The molecule has 6 nitrogen and oxygen atoms in total. The van der Waals surface area contributed by atoms with E-state index in [-0.39, 0.29) is 5.25 Å². The summed E-state index contributed by atoms with van der Waals surface area (Å²) >= 11 is 0. The van der Waals surface area contributed by atoms with Crippen molar-refractivity contribution in [2.75, 3.05) is 0 Å². The molecule has 7 heteroatoms. The Bertz CT molecular complexity index is 687. The summed E-state index contributed by atoms with van der Waals surface area (Å²) in [6, 6.07) is 5.52. The zero-order chi connectivity index (χ0) is 17.3. The van der Waals surface area contributed by atoms with Crippen molar-refractivity contribution in [3.8, 4) is 0 Å². The maximum atomic E-state index is 12.0. The van der Waals surface area contributed by atoms with E-state index in [0.717, 1.165) is 31.5 Å². The molecule has 0 unspecified atom stereocenters. The third-order valence-electron chi connectivity index (χ3n) is 3.49. The van der Waals surface area contributed by atoms with Gasteiger partial charge in [0.25, 0.3) is 0 Å². The van der Waals surface area contributed by atoms with Crippen LogP contribution in [0.4, 0.5) is 4.79 Å². The zero-order valence-corrected chi connectivity index (χ0v) is 14.4. The molecule has 0 spiro atoms. The Morgan fingerprint density at radius 2 is 1.83 bits per heavy atom. The Kier molecular flexibility index (Phi) is 5.01. The first-order chi connectivity index (χ1) is 10.6. The number of benzene rings is 1. The number of fused-ring (bicyclic) bond motifs is 1. The smallest absolute Gasteiger partial charge is 0.450 e. The molecule has 0 atom stereocenters. The molecule has 1 heterocycles. The maximum Gasteiger partial charge on any atom is 0.506 e. The molecular formula is C16H23NO5S. The Balaban J connectivity index is 0.000000207. The summed E-state index contributed by atoms with van der Waals surface area (Å²) in [5.74, 6) is 0. The van der Waals surface area contributed by atoms with Crippen LogP contribution in [0, 0.1) is 0 Å². The number of ether oxygens (including phenoxy) is 1. The molecule has 23 heavy (non-hydrogen) atoms. The highest BCUT2D eigenvalue weighted by Crippen LogP contribution is 2.34. The first-order valence-electron chi connectivity index (χ1n) is 7.58. The molecule has 3 rings (SSSR count). The van der Waals surface area contributed by atoms with E-state index in [1.54, 1.807) is 26.8 Å². The molecule has 1 aliphatic carbocycles. The third kappa shape index (κ3) is 4.94. The Hall–Kier alpha value is -1.60. The molecule has 0 aromatic heterocycles. The van der Waals surface area contributed by atoms with E-state index in [2.05, 4.69) is 10.1 Å². The van der Waals surface area contributed by atoms with Gasteiger partial charge in [0.15, 0.2) is 9.84 Å². The molecule has 1 aromatic rings. The van der Waals surface area contributed by atoms with E-state index in [4.69, 9.17) is 5.11 Å². The lowest BCUT2D eigenvalue weighted by Crippen LogP contribution is -2.22. The predicted octanol–water partition coefficient (Wildman–Crippen LogP) is 2.71. The number of carbonyl (C=O) groups is 1. The van der Waals surface area contributed by atoms with E-state index in [0.29, 0.717) is 4.90 Å². The summed E-state index contributed by atoms with van der Waals surface area (Å²) in [6.07, 6.45) is 0.438. The molecule has 1 aliphatic heterocycles. The van der Waals surface area contributed by atoms with Crippen molar-refractivity contribution in [1.29, 1.82) is 0 Å². The van der Waals surface area contributed by atoms with Crippen LogP contribution in [0.25, 0.3) is 0 Å². The molecule has 0 amide bonds. The van der Waals surface area contributed by atoms with Gasteiger partial charge in [0.05, 0.1) is 10.1 Å². The fraction of sp³-hybridized carbons (Fsp3) is 0.562. The van der Waals surface area contributed by atoms with Gasteiger partial charge in [-0.15, -0.1) is 0 Å². The van der Waals surface area contributed by atoms with Gasteiger partial charge < -0.3 is 15.2 Å². The van der Waals surface area contributed by atoms with Crippen LogP contribution in [-0.2, 0) is 27.7 Å². The van der Waals surface area contributed by atoms with Crippen molar-refractivity contribution < 1.29 is 23.1 Å². The van der Waals surface area contributed by atoms with Crippen LogP contribution in [0.1, 0.15) is 44.7 Å². The standard InChI is InChI=1S/C11H13NO2S.C5H10O3/c13-15(14,10-3-4-10)11-2-1-8-6-12-7-9(8)5-11;1-5(2,3)8-4(6)7/h1-2,5,10,12H,3-4,6-7H2;1-3H3,(H,6,7). The van der Waals surface area contributed by atoms with Gasteiger partial charge in [-0.2, -0.15) is 0 Å². The normalized spacial score (nSPS) is 17.0. The van der Waals surface area contributed by atoms with Gasteiger partial charge in [-0.3, -0.25) is 0 Å². The molecule has 2 aliphatic rings. The van der Waals surface area contributed by atoms with Crippen LogP contribution in [0.15, 0.2) is 23.1 Å². The number of hydrogen-bond donors (Lipinski definition) is 2. The monoisotopic (exact) mass is 341 g/mol. The Morgan fingerprint density at radius 3 is 2.30 bits per heavy atom. The minimum Gasteiger partial charge on any atom is -0.450 e.